The first-order valence-corrected chi connectivity index (χ1v) is 9.91. The molecule has 0 radical (unpaired) electrons. The fraction of sp³-hybridized carbons (Fsp3) is 0.368. The van der Waals surface area contributed by atoms with Crippen LogP contribution in [0.4, 0.5) is 0 Å². The highest BCUT2D eigenvalue weighted by atomic mass is 32.1. The first kappa shape index (κ1) is 16.3. The number of aromatic nitrogens is 3. The van der Waals surface area contributed by atoms with Gasteiger partial charge in [0.1, 0.15) is 0 Å². The molecule has 2 aliphatic heterocycles. The molecule has 0 unspecified atom stereocenters. The molecule has 5 rings (SSSR count). The molecule has 1 aromatic carbocycles. The van der Waals surface area contributed by atoms with Crippen LogP contribution < -0.4 is 5.32 Å². The van der Waals surface area contributed by atoms with E-state index in [0.717, 1.165) is 41.0 Å². The third kappa shape index (κ3) is 2.58. The SMILES string of the molecule is Cc1csc(-n2ncc3cc(C(=O)N[C@@H]4C[C@@H]5CC[C@H]4N5C#N)ccc32)n1. The van der Waals surface area contributed by atoms with E-state index in [2.05, 4.69) is 21.6 Å². The Morgan fingerprint density at radius 1 is 1.41 bits per heavy atom. The lowest BCUT2D eigenvalue weighted by Crippen LogP contribution is -2.43. The van der Waals surface area contributed by atoms with Gasteiger partial charge in [-0.2, -0.15) is 10.4 Å². The van der Waals surface area contributed by atoms with Crippen molar-refractivity contribution in [1.82, 2.24) is 25.0 Å². The predicted octanol–water partition coefficient (Wildman–Crippen LogP) is 2.61. The van der Waals surface area contributed by atoms with E-state index in [1.165, 1.54) is 0 Å². The number of rotatable bonds is 3. The topological polar surface area (TPSA) is 86.8 Å². The minimum absolute atomic E-state index is 0.0487. The molecule has 7 nitrogen and oxygen atoms in total. The van der Waals surface area contributed by atoms with Crippen molar-refractivity contribution in [3.05, 3.63) is 41.0 Å². The van der Waals surface area contributed by atoms with Crippen molar-refractivity contribution >= 4 is 28.1 Å². The number of carbonyl (C=O) groups excluding carboxylic acids is 1. The quantitative estimate of drug-likeness (QED) is 0.708. The van der Waals surface area contributed by atoms with E-state index < -0.39 is 0 Å². The summed E-state index contributed by atoms with van der Waals surface area (Å²) in [5, 5.41) is 20.5. The van der Waals surface area contributed by atoms with Gasteiger partial charge in [-0.05, 0) is 44.4 Å². The van der Waals surface area contributed by atoms with Crippen LogP contribution in [0.2, 0.25) is 0 Å². The van der Waals surface area contributed by atoms with E-state index in [-0.39, 0.29) is 24.0 Å². The molecule has 2 aromatic heterocycles. The van der Waals surface area contributed by atoms with Gasteiger partial charge in [-0.15, -0.1) is 11.3 Å². The Morgan fingerprint density at radius 2 is 2.30 bits per heavy atom. The second-order valence-corrected chi connectivity index (χ2v) is 8.06. The Labute approximate surface area is 160 Å². The number of nitrogens with zero attached hydrogens (tertiary/aromatic N) is 5. The Balaban J connectivity index is 1.38. The molecule has 0 saturated carbocycles. The van der Waals surface area contributed by atoms with Crippen molar-refractivity contribution in [2.24, 2.45) is 0 Å². The molecule has 0 spiro atoms. The number of hydrogen-bond donors (Lipinski definition) is 1. The highest BCUT2D eigenvalue weighted by Crippen LogP contribution is 2.37. The van der Waals surface area contributed by atoms with E-state index in [1.54, 1.807) is 22.2 Å². The molecule has 8 heteroatoms. The van der Waals surface area contributed by atoms with Crippen LogP contribution in [-0.4, -0.2) is 43.7 Å². The molecule has 1 N–H and O–H groups in total. The molecule has 27 heavy (non-hydrogen) atoms. The molecule has 4 heterocycles. The summed E-state index contributed by atoms with van der Waals surface area (Å²) in [6.45, 7) is 1.96. The molecule has 3 aromatic rings. The van der Waals surface area contributed by atoms with Crippen LogP contribution in [0.5, 0.6) is 0 Å². The van der Waals surface area contributed by atoms with Crippen LogP contribution >= 0.6 is 11.3 Å². The van der Waals surface area contributed by atoms with Crippen molar-refractivity contribution in [2.45, 2.75) is 44.3 Å². The summed E-state index contributed by atoms with van der Waals surface area (Å²) >= 11 is 1.54. The van der Waals surface area contributed by atoms with Crippen LogP contribution in [0.3, 0.4) is 0 Å². The normalized spacial score (nSPS) is 23.7. The van der Waals surface area contributed by atoms with Crippen molar-refractivity contribution in [3.8, 4) is 11.3 Å². The summed E-state index contributed by atoms with van der Waals surface area (Å²) in [6.07, 6.45) is 6.92. The number of hydrogen-bond acceptors (Lipinski definition) is 6. The van der Waals surface area contributed by atoms with E-state index >= 15 is 0 Å². The van der Waals surface area contributed by atoms with Crippen molar-refractivity contribution < 1.29 is 4.79 Å². The largest absolute Gasteiger partial charge is 0.347 e. The van der Waals surface area contributed by atoms with Crippen LogP contribution in [-0.2, 0) is 0 Å². The number of carbonyl (C=O) groups is 1. The monoisotopic (exact) mass is 378 g/mol. The first-order chi connectivity index (χ1) is 13.1. The molecule has 2 aliphatic rings. The average molecular weight is 378 g/mol. The van der Waals surface area contributed by atoms with Gasteiger partial charge in [0.2, 0.25) is 5.13 Å². The van der Waals surface area contributed by atoms with Gasteiger partial charge in [0, 0.05) is 22.4 Å². The van der Waals surface area contributed by atoms with Gasteiger partial charge in [0.15, 0.2) is 6.19 Å². The predicted molar refractivity (Wildman–Crippen MR) is 102 cm³/mol. The number of nitrogens with one attached hydrogen (secondary N) is 1. The van der Waals surface area contributed by atoms with E-state index in [1.807, 2.05) is 35.4 Å². The zero-order chi connectivity index (χ0) is 18.5. The van der Waals surface area contributed by atoms with Crippen LogP contribution in [0.1, 0.15) is 35.3 Å². The Hall–Kier alpha value is -2.92. The molecule has 0 aliphatic carbocycles. The fourth-order valence-electron chi connectivity index (χ4n) is 4.32. The summed E-state index contributed by atoms with van der Waals surface area (Å²) in [4.78, 5) is 19.1. The number of fused-ring (bicyclic) bond motifs is 3. The number of thiazole rings is 1. The molecular formula is C19H18N6OS. The van der Waals surface area contributed by atoms with Gasteiger partial charge in [-0.3, -0.25) is 4.79 Å². The Morgan fingerprint density at radius 3 is 3.04 bits per heavy atom. The molecule has 136 valence electrons. The lowest BCUT2D eigenvalue weighted by Gasteiger charge is -2.21. The van der Waals surface area contributed by atoms with Gasteiger partial charge in [0.25, 0.3) is 5.91 Å². The van der Waals surface area contributed by atoms with Crippen molar-refractivity contribution in [2.75, 3.05) is 0 Å². The molecule has 2 fully saturated rings. The van der Waals surface area contributed by atoms with Gasteiger partial charge in [0.05, 0.1) is 29.5 Å². The van der Waals surface area contributed by atoms with Gasteiger partial charge in [-0.25, -0.2) is 9.67 Å². The van der Waals surface area contributed by atoms with Gasteiger partial charge >= 0.3 is 0 Å². The summed E-state index contributed by atoms with van der Waals surface area (Å²) in [7, 11) is 0. The second-order valence-electron chi connectivity index (χ2n) is 7.22. The first-order valence-electron chi connectivity index (χ1n) is 9.03. The molecule has 2 saturated heterocycles. The maximum absolute atomic E-state index is 12.7. The second kappa shape index (κ2) is 6.06. The number of benzene rings is 1. The van der Waals surface area contributed by atoms with Crippen LogP contribution in [0.15, 0.2) is 29.8 Å². The summed E-state index contributed by atoms with van der Waals surface area (Å²) < 4.78 is 1.80. The van der Waals surface area contributed by atoms with Crippen LogP contribution in [0.25, 0.3) is 16.0 Å². The van der Waals surface area contributed by atoms with Crippen molar-refractivity contribution in [3.63, 3.8) is 0 Å². The van der Waals surface area contributed by atoms with E-state index in [0.29, 0.717) is 5.56 Å². The minimum Gasteiger partial charge on any atom is -0.347 e. The smallest absolute Gasteiger partial charge is 0.251 e. The maximum Gasteiger partial charge on any atom is 0.251 e. The molecule has 1 amide bonds. The number of aryl methyl sites for hydroxylation is 1. The minimum atomic E-state index is -0.0924. The molecular weight excluding hydrogens is 360 g/mol. The Kier molecular flexibility index (Phi) is 3.65. The molecule has 3 atom stereocenters. The fourth-order valence-corrected chi connectivity index (χ4v) is 5.09. The highest BCUT2D eigenvalue weighted by Gasteiger charge is 2.46. The van der Waals surface area contributed by atoms with E-state index in [9.17, 15) is 10.1 Å². The summed E-state index contributed by atoms with van der Waals surface area (Å²) in [5.74, 6) is -0.0924. The zero-order valence-electron chi connectivity index (χ0n) is 14.8. The lowest BCUT2D eigenvalue weighted by molar-refractivity contribution is 0.0928. The highest BCUT2D eigenvalue weighted by molar-refractivity contribution is 7.12. The van der Waals surface area contributed by atoms with Gasteiger partial charge in [-0.1, -0.05) is 0 Å². The van der Waals surface area contributed by atoms with Gasteiger partial charge < -0.3 is 10.2 Å². The standard InChI is InChI=1S/C19H18N6OS/c1-11-9-27-19(22-11)25-16-4-2-12(6-13(16)8-21-25)18(26)23-15-7-14-3-5-17(15)24(14)10-20/h2,4,6,8-9,14-15,17H,3,5,7H2,1H3,(H,23,26)/t14-,15+,17+/m0/s1. The number of amides is 1. The third-order valence-electron chi connectivity index (χ3n) is 5.59. The van der Waals surface area contributed by atoms with Crippen LogP contribution in [0, 0.1) is 18.4 Å². The number of nitriles is 1. The summed E-state index contributed by atoms with van der Waals surface area (Å²) in [6, 6.07) is 6.08. The lowest BCUT2D eigenvalue weighted by atomic mass is 9.95. The maximum atomic E-state index is 12.7. The average Bonchev–Trinajstić information content (AvgIpc) is 3.43. The third-order valence-corrected chi connectivity index (χ3v) is 6.52. The Bertz CT molecular complexity index is 1080. The summed E-state index contributed by atoms with van der Waals surface area (Å²) in [5.41, 5.74) is 2.51. The zero-order valence-corrected chi connectivity index (χ0v) is 15.6. The van der Waals surface area contributed by atoms with Crippen molar-refractivity contribution in [1.29, 1.82) is 5.26 Å². The molecule has 2 bridgehead atoms. The van der Waals surface area contributed by atoms with E-state index in [4.69, 9.17) is 0 Å².